The fourth-order valence-corrected chi connectivity index (χ4v) is 0.704. The predicted molar refractivity (Wildman–Crippen MR) is 45.6 cm³/mol. The Kier molecular flexibility index (Phi) is 7.10. The zero-order valence-corrected chi connectivity index (χ0v) is 7.55. The van der Waals surface area contributed by atoms with Gasteiger partial charge in [-0.1, -0.05) is 31.5 Å². The highest BCUT2D eigenvalue weighted by Gasteiger charge is 1.92. The number of azo groups is 1. The molecule has 0 unspecified atom stereocenters. The lowest BCUT2D eigenvalue weighted by Gasteiger charge is -1.98. The van der Waals surface area contributed by atoms with Crippen LogP contribution in [0.5, 0.6) is 0 Å². The number of hydrogen-bond acceptors (Lipinski definition) is 2. The highest BCUT2D eigenvalue weighted by molar-refractivity contribution is 4.34. The maximum atomic E-state index is 10.8. The molecule has 0 aliphatic carbocycles. The molecule has 0 radical (unpaired) electrons. The first-order valence-electron chi connectivity index (χ1n) is 4.43. The zero-order chi connectivity index (χ0) is 8.53. The van der Waals surface area contributed by atoms with Gasteiger partial charge in [-0.3, -0.25) is 0 Å². The summed E-state index contributed by atoms with van der Waals surface area (Å²) in [5.74, 6) is 0. The molecular weight excluding hydrogens is 140 g/mol. The van der Waals surface area contributed by atoms with Crippen molar-refractivity contribution in [1.82, 2.24) is 0 Å². The van der Waals surface area contributed by atoms with Gasteiger partial charge in [0.2, 0.25) is 0 Å². The Morgan fingerprint density at radius 1 is 1.18 bits per heavy atom. The lowest BCUT2D eigenvalue weighted by atomic mass is 10.3. The number of hydrogen-bond donors (Lipinski definition) is 0. The molecule has 0 saturated heterocycles. The molecule has 11 heavy (non-hydrogen) atoms. The van der Waals surface area contributed by atoms with Crippen LogP contribution in [-0.4, -0.2) is 18.0 Å². The molecule has 0 aromatic rings. The lowest BCUT2D eigenvalue weighted by molar-refractivity contribution is -0.531. The van der Waals surface area contributed by atoms with Crippen LogP contribution in [0.15, 0.2) is 5.11 Å². The zero-order valence-electron chi connectivity index (χ0n) is 7.55. The highest BCUT2D eigenvalue weighted by Crippen LogP contribution is 1.90. The molecule has 3 heteroatoms. The van der Waals surface area contributed by atoms with Crippen molar-refractivity contribution in [2.45, 2.75) is 39.5 Å². The number of rotatable bonds is 6. The van der Waals surface area contributed by atoms with E-state index in [9.17, 15) is 5.21 Å². The van der Waals surface area contributed by atoms with Gasteiger partial charge in [0.05, 0.1) is 0 Å². The molecule has 0 amide bonds. The van der Waals surface area contributed by atoms with Crippen molar-refractivity contribution in [2.75, 3.05) is 13.1 Å². The summed E-state index contributed by atoms with van der Waals surface area (Å²) < 4.78 is 0. The first kappa shape index (κ1) is 10.4. The number of hydroxylamine groups is 1. The lowest BCUT2D eigenvalue weighted by Crippen LogP contribution is -2.03. The van der Waals surface area contributed by atoms with Crippen molar-refractivity contribution in [1.29, 1.82) is 0 Å². The molecule has 0 aromatic heterocycles. The summed E-state index contributed by atoms with van der Waals surface area (Å²) >= 11 is 0. The first-order valence-corrected chi connectivity index (χ1v) is 4.43. The van der Waals surface area contributed by atoms with Gasteiger partial charge in [-0.05, 0) is 11.5 Å². The second kappa shape index (κ2) is 7.51. The summed E-state index contributed by atoms with van der Waals surface area (Å²) in [5.41, 5.74) is 0. The van der Waals surface area contributed by atoms with Crippen LogP contribution in [0.3, 0.4) is 0 Å². The fourth-order valence-electron chi connectivity index (χ4n) is 0.704. The Morgan fingerprint density at radius 2 is 1.82 bits per heavy atom. The minimum absolute atomic E-state index is 0.556. The fraction of sp³-hybridized carbons (Fsp3) is 1.00. The van der Waals surface area contributed by atoms with E-state index in [1.807, 2.05) is 0 Å². The summed E-state index contributed by atoms with van der Waals surface area (Å²) in [5, 5.41) is 14.7. The Balaban J connectivity index is 3.30. The van der Waals surface area contributed by atoms with Crippen LogP contribution >= 0.6 is 0 Å². The van der Waals surface area contributed by atoms with Crippen molar-refractivity contribution in [2.24, 2.45) is 5.11 Å². The van der Waals surface area contributed by atoms with Gasteiger partial charge in [0.25, 0.3) is 0 Å². The summed E-state index contributed by atoms with van der Waals surface area (Å²) in [6.07, 6.45) is 4.12. The van der Waals surface area contributed by atoms with Gasteiger partial charge in [0.1, 0.15) is 6.54 Å². The molecule has 0 spiro atoms. The molecule has 0 fully saturated rings. The molecule has 3 nitrogen and oxygen atoms in total. The molecule has 0 atom stereocenters. The van der Waals surface area contributed by atoms with E-state index in [1.54, 1.807) is 0 Å². The van der Waals surface area contributed by atoms with E-state index in [1.165, 1.54) is 0 Å². The molecule has 0 bridgehead atoms. The third-order valence-corrected chi connectivity index (χ3v) is 1.47. The Hall–Kier alpha value is -0.600. The van der Waals surface area contributed by atoms with E-state index < -0.39 is 0 Å². The van der Waals surface area contributed by atoms with Crippen LogP contribution in [0.25, 0.3) is 0 Å². The smallest absolute Gasteiger partial charge is 0.180 e. The minimum atomic E-state index is 0.556. The summed E-state index contributed by atoms with van der Waals surface area (Å²) in [4.78, 5) is 0.819. The molecule has 0 N–H and O–H groups in total. The van der Waals surface area contributed by atoms with Crippen LogP contribution in [0.2, 0.25) is 0 Å². The average Bonchev–Trinajstić information content (AvgIpc) is 2.01. The monoisotopic (exact) mass is 158 g/mol. The van der Waals surface area contributed by atoms with E-state index in [2.05, 4.69) is 19.0 Å². The maximum absolute atomic E-state index is 10.8. The molecule has 0 aromatic carbocycles. The summed E-state index contributed by atoms with van der Waals surface area (Å²) in [6.45, 7) is 5.40. The van der Waals surface area contributed by atoms with E-state index in [0.29, 0.717) is 13.1 Å². The van der Waals surface area contributed by atoms with Gasteiger partial charge in [0.15, 0.2) is 6.54 Å². The third-order valence-electron chi connectivity index (χ3n) is 1.47. The van der Waals surface area contributed by atoms with Crippen molar-refractivity contribution in [3.63, 3.8) is 0 Å². The standard InChI is InChI=1S/C8H18N2O/c1-3-5-7-9-10(11)8-6-4-2/h3-8H2,1-2H3. The first-order chi connectivity index (χ1) is 5.31. The van der Waals surface area contributed by atoms with Crippen LogP contribution in [0.1, 0.15) is 39.5 Å². The van der Waals surface area contributed by atoms with Crippen LogP contribution in [-0.2, 0) is 0 Å². The Labute approximate surface area is 68.7 Å². The third kappa shape index (κ3) is 7.30. The molecular formula is C8H18N2O. The quantitative estimate of drug-likeness (QED) is 0.253. The molecule has 0 heterocycles. The van der Waals surface area contributed by atoms with Crippen LogP contribution in [0, 0.1) is 5.21 Å². The van der Waals surface area contributed by atoms with Crippen LogP contribution < -0.4 is 0 Å². The normalized spacial score (nSPS) is 12.0. The van der Waals surface area contributed by atoms with E-state index >= 15 is 0 Å². The van der Waals surface area contributed by atoms with Gasteiger partial charge >= 0.3 is 0 Å². The summed E-state index contributed by atoms with van der Waals surface area (Å²) in [7, 11) is 0. The molecule has 0 rings (SSSR count). The predicted octanol–water partition coefficient (Wildman–Crippen LogP) is 2.55. The van der Waals surface area contributed by atoms with Crippen LogP contribution in [0.4, 0.5) is 0 Å². The minimum Gasteiger partial charge on any atom is -0.600 e. The van der Waals surface area contributed by atoms with Gasteiger partial charge in [-0.25, -0.2) is 0 Å². The maximum Gasteiger partial charge on any atom is 0.180 e. The SMILES string of the molecule is CCCCN=[N+]([O-])CCCC. The van der Waals surface area contributed by atoms with Crippen molar-refractivity contribution in [3.8, 4) is 0 Å². The number of nitrogens with zero attached hydrogens (tertiary/aromatic N) is 2. The number of unbranched alkanes of at least 4 members (excludes halogenated alkanes) is 2. The van der Waals surface area contributed by atoms with E-state index in [0.717, 1.165) is 30.5 Å². The van der Waals surface area contributed by atoms with Crippen molar-refractivity contribution >= 4 is 0 Å². The second-order valence-electron chi connectivity index (χ2n) is 2.65. The molecule has 0 saturated carbocycles. The summed E-state index contributed by atoms with van der Waals surface area (Å²) in [6, 6.07) is 0. The Bertz CT molecular complexity index is 113. The van der Waals surface area contributed by atoms with Gasteiger partial charge in [0, 0.05) is 6.42 Å². The van der Waals surface area contributed by atoms with Gasteiger partial charge in [-0.2, -0.15) is 0 Å². The molecule has 0 aliphatic heterocycles. The average molecular weight is 158 g/mol. The highest BCUT2D eigenvalue weighted by atomic mass is 16.5. The van der Waals surface area contributed by atoms with Gasteiger partial charge in [-0.15, -0.1) is 0 Å². The largest absolute Gasteiger partial charge is 0.600 e. The molecule has 0 aliphatic rings. The van der Waals surface area contributed by atoms with Gasteiger partial charge < -0.3 is 5.21 Å². The Morgan fingerprint density at radius 3 is 2.36 bits per heavy atom. The molecule has 66 valence electrons. The van der Waals surface area contributed by atoms with Crippen molar-refractivity contribution in [3.05, 3.63) is 5.21 Å². The second-order valence-corrected chi connectivity index (χ2v) is 2.65. The van der Waals surface area contributed by atoms with E-state index in [4.69, 9.17) is 0 Å². The van der Waals surface area contributed by atoms with Crippen molar-refractivity contribution < 1.29 is 4.86 Å². The van der Waals surface area contributed by atoms with E-state index in [-0.39, 0.29) is 0 Å². The topological polar surface area (TPSA) is 38.4 Å².